The van der Waals surface area contributed by atoms with E-state index in [2.05, 4.69) is 56.5 Å². The Hall–Kier alpha value is -2.96. The molecule has 3 unspecified atom stereocenters. The molecule has 0 radical (unpaired) electrons. The first kappa shape index (κ1) is 53.0. The summed E-state index contributed by atoms with van der Waals surface area (Å²) in [6, 6.07) is -0.746. The van der Waals surface area contributed by atoms with Crippen molar-refractivity contribution < 1.29 is 24.5 Å². The molecule has 6 heteroatoms. The maximum Gasteiger partial charge on any atom is 0.306 e. The summed E-state index contributed by atoms with van der Waals surface area (Å²) in [5, 5.41) is 23.5. The van der Waals surface area contributed by atoms with Crippen LogP contribution in [-0.4, -0.2) is 46.9 Å². The fourth-order valence-electron chi connectivity index (χ4n) is 6.38. The smallest absolute Gasteiger partial charge is 0.306 e. The number of hydrogen-bond acceptors (Lipinski definition) is 5. The predicted molar refractivity (Wildman–Crippen MR) is 241 cm³/mol. The van der Waals surface area contributed by atoms with Gasteiger partial charge in [0.2, 0.25) is 5.91 Å². The van der Waals surface area contributed by atoms with Gasteiger partial charge in [-0.1, -0.05) is 215 Å². The topological polar surface area (TPSA) is 95.9 Å². The summed E-state index contributed by atoms with van der Waals surface area (Å²) in [5.41, 5.74) is 0. The maximum atomic E-state index is 13.1. The molecule has 0 aromatic heterocycles. The normalized spacial score (nSPS) is 14.2. The number of ether oxygens (including phenoxy) is 1. The van der Waals surface area contributed by atoms with Gasteiger partial charge < -0.3 is 20.3 Å². The van der Waals surface area contributed by atoms with Crippen LogP contribution in [-0.2, 0) is 14.3 Å². The van der Waals surface area contributed by atoms with Gasteiger partial charge in [0.05, 0.1) is 25.2 Å². The van der Waals surface area contributed by atoms with E-state index in [1.165, 1.54) is 89.9 Å². The Kier molecular flexibility index (Phi) is 40.9. The molecule has 0 aromatic rings. The van der Waals surface area contributed by atoms with Crippen molar-refractivity contribution in [2.24, 2.45) is 0 Å². The number of hydrogen-bond donors (Lipinski definition) is 3. The lowest BCUT2D eigenvalue weighted by atomic mass is 10.0. The van der Waals surface area contributed by atoms with Crippen molar-refractivity contribution in [1.82, 2.24) is 5.32 Å². The molecule has 0 spiro atoms. The standard InChI is InChI=1S/C50H85NO5/c1-4-7-10-13-16-19-22-23-24-25-26-28-31-34-37-40-43-50(55)56-46(41-38-35-32-29-27-20-17-14-11-8-5-2)44-49(54)51-47(45-52)48(53)42-39-36-33-30-21-18-15-12-9-6-3/h8,11,14,17,20,24-29,32,35,38,46-48,52-53H,4-7,9-10,12-13,15-16,18-19,21-23,30-31,33-34,36-37,39-45H2,1-3H3,(H,51,54)/b11-8+,17-14+,25-24+,27-20-,28-26+,32-29-,38-35+. The number of carbonyl (C=O) groups is 2. The van der Waals surface area contributed by atoms with E-state index in [1.54, 1.807) is 0 Å². The van der Waals surface area contributed by atoms with E-state index < -0.39 is 18.2 Å². The zero-order chi connectivity index (χ0) is 41.0. The Morgan fingerprint density at radius 3 is 1.52 bits per heavy atom. The van der Waals surface area contributed by atoms with Crippen LogP contribution in [0, 0.1) is 0 Å². The largest absolute Gasteiger partial charge is 0.461 e. The van der Waals surface area contributed by atoms with Gasteiger partial charge in [-0.15, -0.1) is 0 Å². The molecule has 3 N–H and O–H groups in total. The molecule has 0 aliphatic rings. The first-order valence-corrected chi connectivity index (χ1v) is 22.9. The van der Waals surface area contributed by atoms with E-state index in [0.29, 0.717) is 19.3 Å². The first-order chi connectivity index (χ1) is 27.5. The predicted octanol–water partition coefficient (Wildman–Crippen LogP) is 13.2. The summed E-state index contributed by atoms with van der Waals surface area (Å²) < 4.78 is 5.80. The zero-order valence-corrected chi connectivity index (χ0v) is 36.2. The number of rotatable bonds is 39. The van der Waals surface area contributed by atoms with E-state index in [9.17, 15) is 19.8 Å². The van der Waals surface area contributed by atoms with Crippen molar-refractivity contribution in [3.05, 3.63) is 85.1 Å². The second kappa shape index (κ2) is 43.2. The van der Waals surface area contributed by atoms with E-state index in [1.807, 2.05) is 54.7 Å². The van der Waals surface area contributed by atoms with Crippen LogP contribution in [0.2, 0.25) is 0 Å². The van der Waals surface area contributed by atoms with Gasteiger partial charge in [-0.05, 0) is 44.9 Å². The highest BCUT2D eigenvalue weighted by Gasteiger charge is 2.23. The van der Waals surface area contributed by atoms with Crippen LogP contribution >= 0.6 is 0 Å². The van der Waals surface area contributed by atoms with E-state index >= 15 is 0 Å². The third kappa shape index (κ3) is 37.9. The molecule has 0 fully saturated rings. The monoisotopic (exact) mass is 780 g/mol. The molecule has 0 heterocycles. The minimum Gasteiger partial charge on any atom is -0.461 e. The summed E-state index contributed by atoms with van der Waals surface area (Å²) in [4.78, 5) is 25.9. The number of aliphatic hydroxyl groups excluding tert-OH is 2. The second-order valence-electron chi connectivity index (χ2n) is 15.2. The van der Waals surface area contributed by atoms with Crippen molar-refractivity contribution in [1.29, 1.82) is 0 Å². The number of aliphatic hydroxyl groups is 2. The fourth-order valence-corrected chi connectivity index (χ4v) is 6.38. The summed E-state index contributed by atoms with van der Waals surface area (Å²) in [5.74, 6) is -0.648. The van der Waals surface area contributed by atoms with Crippen molar-refractivity contribution in [2.75, 3.05) is 6.61 Å². The lowest BCUT2D eigenvalue weighted by Gasteiger charge is -2.24. The maximum absolute atomic E-state index is 13.1. The number of amides is 1. The Balaban J connectivity index is 4.77. The molecule has 6 nitrogen and oxygen atoms in total. The Morgan fingerprint density at radius 2 is 1.00 bits per heavy atom. The molecule has 0 saturated heterocycles. The SMILES string of the molecule is CC/C=C/C=C/C=C\C=C/C=C/CC(CC(=O)NC(CO)C(O)CCCCCCCCCCCC)OC(=O)CCCCC/C=C/C=C/CCCCCCCCC. The number of carbonyl (C=O) groups excluding carboxylic acids is 2. The van der Waals surface area contributed by atoms with Gasteiger partial charge in [0.15, 0.2) is 0 Å². The van der Waals surface area contributed by atoms with Crippen molar-refractivity contribution in [3.63, 3.8) is 0 Å². The highest BCUT2D eigenvalue weighted by Crippen LogP contribution is 2.15. The molecule has 0 saturated carbocycles. The molecule has 0 aromatic carbocycles. The van der Waals surface area contributed by atoms with Crippen LogP contribution in [0.4, 0.5) is 0 Å². The highest BCUT2D eigenvalue weighted by molar-refractivity contribution is 5.77. The molecule has 56 heavy (non-hydrogen) atoms. The lowest BCUT2D eigenvalue weighted by Crippen LogP contribution is -2.46. The van der Waals surface area contributed by atoms with Crippen LogP contribution in [0.1, 0.15) is 194 Å². The lowest BCUT2D eigenvalue weighted by molar-refractivity contribution is -0.150. The zero-order valence-electron chi connectivity index (χ0n) is 36.2. The molecular weight excluding hydrogens is 695 g/mol. The fraction of sp³-hybridized carbons (Fsp3) is 0.680. The van der Waals surface area contributed by atoms with Crippen molar-refractivity contribution in [3.8, 4) is 0 Å². The number of unbranched alkanes of at least 4 members (excludes halogenated alkanes) is 19. The van der Waals surface area contributed by atoms with Gasteiger partial charge in [-0.25, -0.2) is 0 Å². The molecule has 0 aliphatic heterocycles. The Labute approximate surface area is 344 Å². The molecule has 1 amide bonds. The number of esters is 1. The summed E-state index contributed by atoms with van der Waals surface area (Å²) in [6.07, 6.45) is 55.3. The summed E-state index contributed by atoms with van der Waals surface area (Å²) >= 11 is 0. The van der Waals surface area contributed by atoms with E-state index in [-0.39, 0.29) is 24.9 Å². The molecule has 320 valence electrons. The Morgan fingerprint density at radius 1 is 0.554 bits per heavy atom. The van der Waals surface area contributed by atoms with Gasteiger partial charge in [0.25, 0.3) is 0 Å². The second-order valence-corrected chi connectivity index (χ2v) is 15.2. The van der Waals surface area contributed by atoms with Gasteiger partial charge in [-0.3, -0.25) is 9.59 Å². The Bertz CT molecular complexity index is 1100. The van der Waals surface area contributed by atoms with E-state index in [4.69, 9.17) is 4.74 Å². The average Bonchev–Trinajstić information content (AvgIpc) is 3.19. The number of allylic oxidation sites excluding steroid dienone is 13. The van der Waals surface area contributed by atoms with Gasteiger partial charge in [0.1, 0.15) is 6.10 Å². The van der Waals surface area contributed by atoms with Gasteiger partial charge in [-0.2, -0.15) is 0 Å². The minimum atomic E-state index is -0.824. The third-order valence-corrected chi connectivity index (χ3v) is 9.87. The molecule has 3 atom stereocenters. The van der Waals surface area contributed by atoms with Gasteiger partial charge in [0, 0.05) is 12.8 Å². The molecule has 0 bridgehead atoms. The quantitative estimate of drug-likeness (QED) is 0.0328. The third-order valence-electron chi connectivity index (χ3n) is 9.87. The van der Waals surface area contributed by atoms with Crippen LogP contribution in [0.15, 0.2) is 85.1 Å². The summed E-state index contributed by atoms with van der Waals surface area (Å²) in [7, 11) is 0. The molecular formula is C50H85NO5. The van der Waals surface area contributed by atoms with E-state index in [0.717, 1.165) is 57.8 Å². The van der Waals surface area contributed by atoms with Crippen LogP contribution in [0.3, 0.4) is 0 Å². The van der Waals surface area contributed by atoms with Crippen molar-refractivity contribution in [2.45, 2.75) is 212 Å². The summed E-state index contributed by atoms with van der Waals surface area (Å²) in [6.45, 7) is 6.25. The number of nitrogens with one attached hydrogen (secondary N) is 1. The average molecular weight is 780 g/mol. The van der Waals surface area contributed by atoms with Crippen LogP contribution < -0.4 is 5.32 Å². The first-order valence-electron chi connectivity index (χ1n) is 22.9. The van der Waals surface area contributed by atoms with Crippen LogP contribution in [0.25, 0.3) is 0 Å². The van der Waals surface area contributed by atoms with Crippen molar-refractivity contribution >= 4 is 11.9 Å². The van der Waals surface area contributed by atoms with Crippen LogP contribution in [0.5, 0.6) is 0 Å². The highest BCUT2D eigenvalue weighted by atomic mass is 16.5. The van der Waals surface area contributed by atoms with Gasteiger partial charge >= 0.3 is 5.97 Å². The molecule has 0 aliphatic carbocycles. The molecule has 0 rings (SSSR count). The minimum absolute atomic E-state index is 0.0332.